The molecule has 0 aliphatic carbocycles. The van der Waals surface area contributed by atoms with E-state index in [2.05, 4.69) is 36.4 Å². The second-order valence-electron chi connectivity index (χ2n) is 7.48. The number of methoxy groups -OCH3 is 1. The van der Waals surface area contributed by atoms with Crippen molar-refractivity contribution < 1.29 is 18.3 Å². The number of nitriles is 1. The quantitative estimate of drug-likeness (QED) is 0.479. The highest BCUT2D eigenvalue weighted by Gasteiger charge is 2.47. The van der Waals surface area contributed by atoms with Gasteiger partial charge in [-0.25, -0.2) is 29.6 Å². The first kappa shape index (κ1) is 21.1. The molecule has 12 heteroatoms. The molecule has 2 aromatic heterocycles. The number of ether oxygens (including phenoxy) is 2. The number of nitrogens with zero attached hydrogens (tertiary/aromatic N) is 4. The zero-order chi connectivity index (χ0) is 21.8. The lowest BCUT2D eigenvalue weighted by Crippen LogP contribution is -2.60. The lowest BCUT2D eigenvalue weighted by atomic mass is 9.83. The molecule has 0 spiro atoms. The van der Waals surface area contributed by atoms with Crippen LogP contribution in [0.2, 0.25) is 0 Å². The van der Waals surface area contributed by atoms with Gasteiger partial charge in [0.2, 0.25) is 6.43 Å². The average Bonchev–Trinajstić information content (AvgIpc) is 3.21. The van der Waals surface area contributed by atoms with Crippen molar-refractivity contribution in [3.05, 3.63) is 36.0 Å². The monoisotopic (exact) mass is 432 g/mol. The van der Waals surface area contributed by atoms with Crippen LogP contribution in [0.5, 0.6) is 11.5 Å². The number of halogens is 2. The molecule has 2 unspecified atom stereocenters. The maximum atomic E-state index is 13.5. The van der Waals surface area contributed by atoms with Crippen LogP contribution < -0.4 is 31.0 Å². The minimum absolute atomic E-state index is 0.123. The van der Waals surface area contributed by atoms with E-state index < -0.39 is 11.8 Å². The van der Waals surface area contributed by atoms with Crippen LogP contribution in [-0.2, 0) is 0 Å². The minimum Gasteiger partial charge on any atom is -0.495 e. The van der Waals surface area contributed by atoms with E-state index in [0.717, 1.165) is 0 Å². The van der Waals surface area contributed by atoms with Crippen molar-refractivity contribution >= 4 is 5.82 Å². The Kier molecular flexibility index (Phi) is 6.08. The highest BCUT2D eigenvalue weighted by molar-refractivity contribution is 5.45. The zero-order valence-corrected chi connectivity index (χ0v) is 16.7. The van der Waals surface area contributed by atoms with E-state index in [1.54, 1.807) is 6.20 Å². The van der Waals surface area contributed by atoms with Crippen LogP contribution in [0.25, 0.3) is 0 Å². The molecule has 4 heterocycles. The van der Waals surface area contributed by atoms with E-state index in [4.69, 9.17) is 14.7 Å². The standard InChI is InChI=1S/C19H22F2N8O2/c1-30-13-5-23-6-14(31-10-19(18(20)21)8-24-9-19)17(13)12-2-15(29-28-12)27-16-7-25-11(3-22)4-26-16/h4-7,12,15,18,24,28-29H,2,8-10H2,1H3,(H,26,27). The molecule has 4 rings (SSSR count). The molecule has 2 aliphatic rings. The molecule has 2 atom stereocenters. The number of nitrogens with one attached hydrogen (secondary N) is 4. The maximum Gasteiger partial charge on any atom is 0.249 e. The molecular weight excluding hydrogens is 410 g/mol. The molecule has 2 aromatic rings. The van der Waals surface area contributed by atoms with Crippen molar-refractivity contribution in [1.82, 2.24) is 31.1 Å². The van der Waals surface area contributed by atoms with Crippen LogP contribution in [0.1, 0.15) is 23.7 Å². The molecular formula is C19H22F2N8O2. The van der Waals surface area contributed by atoms with Gasteiger partial charge in [-0.2, -0.15) is 5.26 Å². The Morgan fingerprint density at radius 2 is 2.03 bits per heavy atom. The molecule has 10 nitrogen and oxygen atoms in total. The fraction of sp³-hybridized carbons (Fsp3) is 0.474. The molecule has 2 fully saturated rings. The molecule has 0 bridgehead atoms. The first-order chi connectivity index (χ1) is 15.0. The van der Waals surface area contributed by atoms with E-state index in [9.17, 15) is 8.78 Å². The van der Waals surface area contributed by atoms with Gasteiger partial charge in [0.1, 0.15) is 30.0 Å². The lowest BCUT2D eigenvalue weighted by Gasteiger charge is -2.41. The molecule has 31 heavy (non-hydrogen) atoms. The van der Waals surface area contributed by atoms with Crippen LogP contribution in [0.4, 0.5) is 14.6 Å². The topological polar surface area (TPSA) is 129 Å². The average molecular weight is 432 g/mol. The third kappa shape index (κ3) is 4.34. The van der Waals surface area contributed by atoms with Crippen LogP contribution in [-0.4, -0.2) is 54.3 Å². The van der Waals surface area contributed by atoms with E-state index in [1.165, 1.54) is 25.7 Å². The van der Waals surface area contributed by atoms with Crippen molar-refractivity contribution in [3.8, 4) is 17.6 Å². The van der Waals surface area contributed by atoms with Gasteiger partial charge in [0.25, 0.3) is 0 Å². The number of anilines is 1. The van der Waals surface area contributed by atoms with Gasteiger partial charge in [0.15, 0.2) is 5.69 Å². The largest absolute Gasteiger partial charge is 0.495 e. The van der Waals surface area contributed by atoms with Crippen LogP contribution in [0.3, 0.4) is 0 Å². The molecule has 0 saturated carbocycles. The number of hydrogen-bond donors (Lipinski definition) is 4. The molecule has 0 radical (unpaired) electrons. The van der Waals surface area contributed by atoms with Crippen molar-refractivity contribution in [2.24, 2.45) is 5.41 Å². The Balaban J connectivity index is 1.47. The zero-order valence-electron chi connectivity index (χ0n) is 16.7. The third-order valence-electron chi connectivity index (χ3n) is 5.41. The number of alkyl halides is 2. The van der Waals surface area contributed by atoms with Crippen LogP contribution >= 0.6 is 0 Å². The lowest BCUT2D eigenvalue weighted by molar-refractivity contribution is -0.0685. The van der Waals surface area contributed by atoms with Crippen molar-refractivity contribution in [2.75, 3.05) is 32.1 Å². The van der Waals surface area contributed by atoms with E-state index in [0.29, 0.717) is 29.3 Å². The summed E-state index contributed by atoms with van der Waals surface area (Å²) in [5.74, 6) is 1.39. The first-order valence-electron chi connectivity index (χ1n) is 9.68. The number of pyridine rings is 1. The van der Waals surface area contributed by atoms with Gasteiger partial charge in [0.05, 0.1) is 55.1 Å². The highest BCUT2D eigenvalue weighted by Crippen LogP contribution is 2.38. The number of rotatable bonds is 8. The highest BCUT2D eigenvalue weighted by atomic mass is 19.3. The molecule has 164 valence electrons. The smallest absolute Gasteiger partial charge is 0.249 e. The summed E-state index contributed by atoms with van der Waals surface area (Å²) in [7, 11) is 1.52. The summed E-state index contributed by atoms with van der Waals surface area (Å²) >= 11 is 0. The molecule has 2 saturated heterocycles. The summed E-state index contributed by atoms with van der Waals surface area (Å²) in [5, 5.41) is 14.9. The van der Waals surface area contributed by atoms with Gasteiger partial charge in [-0.1, -0.05) is 0 Å². The van der Waals surface area contributed by atoms with Crippen LogP contribution in [0, 0.1) is 16.7 Å². The Labute approximate surface area is 177 Å². The summed E-state index contributed by atoms with van der Waals surface area (Å²) in [6, 6.07) is 1.68. The van der Waals surface area contributed by atoms with E-state index in [-0.39, 0.29) is 37.6 Å². The maximum absolute atomic E-state index is 13.5. The first-order valence-corrected chi connectivity index (χ1v) is 9.68. The van der Waals surface area contributed by atoms with Gasteiger partial charge < -0.3 is 20.1 Å². The van der Waals surface area contributed by atoms with Gasteiger partial charge in [0, 0.05) is 19.5 Å². The number of hydrogen-bond acceptors (Lipinski definition) is 10. The molecule has 4 N–H and O–H groups in total. The Hall–Kier alpha value is -3.14. The normalized spacial score (nSPS) is 21.9. The number of aromatic nitrogens is 3. The summed E-state index contributed by atoms with van der Waals surface area (Å²) in [4.78, 5) is 12.3. The fourth-order valence-corrected chi connectivity index (χ4v) is 3.52. The summed E-state index contributed by atoms with van der Waals surface area (Å²) < 4.78 is 38.2. The van der Waals surface area contributed by atoms with Gasteiger partial charge in [-0.05, 0) is 0 Å². The van der Waals surface area contributed by atoms with Gasteiger partial charge >= 0.3 is 0 Å². The van der Waals surface area contributed by atoms with E-state index in [1.807, 2.05) is 6.07 Å². The summed E-state index contributed by atoms with van der Waals surface area (Å²) in [5.41, 5.74) is 6.01. The predicted octanol–water partition coefficient (Wildman–Crippen LogP) is 0.963. The van der Waals surface area contributed by atoms with Crippen molar-refractivity contribution in [2.45, 2.75) is 25.1 Å². The Morgan fingerprint density at radius 1 is 1.23 bits per heavy atom. The third-order valence-corrected chi connectivity index (χ3v) is 5.41. The van der Waals surface area contributed by atoms with Crippen molar-refractivity contribution in [3.63, 3.8) is 0 Å². The molecule has 0 amide bonds. The fourth-order valence-electron chi connectivity index (χ4n) is 3.52. The SMILES string of the molecule is COc1cncc(OCC2(C(F)F)CNC2)c1C1CC(Nc2cnc(C#N)cn2)NN1. The Morgan fingerprint density at radius 3 is 2.65 bits per heavy atom. The Bertz CT molecular complexity index is 949. The van der Waals surface area contributed by atoms with Crippen LogP contribution in [0.15, 0.2) is 24.8 Å². The predicted molar refractivity (Wildman–Crippen MR) is 105 cm³/mol. The second kappa shape index (κ2) is 8.93. The van der Waals surface area contributed by atoms with Crippen molar-refractivity contribution in [1.29, 1.82) is 5.26 Å². The van der Waals surface area contributed by atoms with E-state index >= 15 is 0 Å². The second-order valence-corrected chi connectivity index (χ2v) is 7.48. The number of hydrazine groups is 1. The van der Waals surface area contributed by atoms with Gasteiger partial charge in [-0.15, -0.1) is 0 Å². The van der Waals surface area contributed by atoms with Gasteiger partial charge in [-0.3, -0.25) is 4.98 Å². The summed E-state index contributed by atoms with van der Waals surface area (Å²) in [6.45, 7) is 0.290. The minimum atomic E-state index is -2.48. The molecule has 0 aromatic carbocycles. The summed E-state index contributed by atoms with van der Waals surface area (Å²) in [6.07, 6.45) is 3.81. The molecule has 2 aliphatic heterocycles.